The standard InChI is InChI=1S/C20H17F6NO5S.C9H8F3NO/c1-11(19(21,22)23)31-17-6-5-15(33(2,29)30)8-16(17)18(28)27-9-12-3-4-14(7-13(12)10-27)32-20(24,25)26;10-9(11,12)14-8-2-1-6-4-13-5-7(6)3-8/h3-8,11H,9-10H2,1-2H3;1-3,13H,4-5H2/t11-;/m0./s1. The highest BCUT2D eigenvalue weighted by Crippen LogP contribution is 2.34. The molecule has 1 N–H and O–H groups in total. The molecule has 8 nitrogen and oxygen atoms in total. The number of carbonyl (C=O) groups is 1. The Bertz CT molecular complexity index is 1740. The number of alkyl halides is 9. The molecule has 1 amide bonds. The van der Waals surface area contributed by atoms with Crippen LogP contribution >= 0.6 is 0 Å². The van der Waals surface area contributed by atoms with Gasteiger partial charge in [0.15, 0.2) is 15.9 Å². The molecule has 47 heavy (non-hydrogen) atoms. The molecule has 0 saturated heterocycles. The molecule has 1 atom stereocenters. The second kappa shape index (κ2) is 13.1. The smallest absolute Gasteiger partial charge is 0.480 e. The summed E-state index contributed by atoms with van der Waals surface area (Å²) in [4.78, 5) is 14.0. The molecule has 2 heterocycles. The quantitative estimate of drug-likeness (QED) is 0.288. The average Bonchev–Trinajstić information content (AvgIpc) is 3.57. The monoisotopic (exact) mass is 700 g/mol. The Kier molecular flexibility index (Phi) is 9.97. The predicted molar refractivity (Wildman–Crippen MR) is 146 cm³/mol. The van der Waals surface area contributed by atoms with Crippen molar-refractivity contribution in [1.82, 2.24) is 10.2 Å². The molecule has 0 spiro atoms. The Morgan fingerprint density at radius 1 is 0.766 bits per heavy atom. The van der Waals surface area contributed by atoms with Gasteiger partial charge in [0.05, 0.1) is 10.5 Å². The first kappa shape index (κ1) is 35.7. The van der Waals surface area contributed by atoms with Gasteiger partial charge in [-0.3, -0.25) is 4.79 Å². The minimum absolute atomic E-state index is 0.0577. The van der Waals surface area contributed by atoms with Crippen LogP contribution in [0, 0.1) is 0 Å². The lowest BCUT2D eigenvalue weighted by Gasteiger charge is -2.22. The second-order valence-corrected chi connectivity index (χ2v) is 12.5. The van der Waals surface area contributed by atoms with Gasteiger partial charge in [0, 0.05) is 32.4 Å². The number of fused-ring (bicyclic) bond motifs is 2. The highest BCUT2D eigenvalue weighted by Gasteiger charge is 2.39. The molecule has 256 valence electrons. The molecule has 0 unspecified atom stereocenters. The van der Waals surface area contributed by atoms with Crippen molar-refractivity contribution >= 4 is 15.7 Å². The van der Waals surface area contributed by atoms with E-state index in [4.69, 9.17) is 4.74 Å². The van der Waals surface area contributed by atoms with Crippen LogP contribution in [0.1, 0.15) is 39.5 Å². The maximum absolute atomic E-state index is 13.1. The van der Waals surface area contributed by atoms with Crippen molar-refractivity contribution in [2.45, 2.75) is 63.0 Å². The number of hydrogen-bond acceptors (Lipinski definition) is 7. The largest absolute Gasteiger partial charge is 0.573 e. The van der Waals surface area contributed by atoms with Crippen molar-refractivity contribution in [3.8, 4) is 17.2 Å². The number of sulfone groups is 1. The van der Waals surface area contributed by atoms with Crippen molar-refractivity contribution in [1.29, 1.82) is 0 Å². The first-order valence-corrected chi connectivity index (χ1v) is 15.3. The number of amides is 1. The van der Waals surface area contributed by atoms with Gasteiger partial charge in [-0.15, -0.1) is 26.3 Å². The number of nitrogens with zero attached hydrogens (tertiary/aromatic N) is 1. The molecule has 0 bridgehead atoms. The summed E-state index contributed by atoms with van der Waals surface area (Å²) in [6, 6.07) is 10.8. The minimum atomic E-state index is -4.91. The number of ether oxygens (including phenoxy) is 3. The number of rotatable bonds is 6. The van der Waals surface area contributed by atoms with E-state index in [1.54, 1.807) is 6.07 Å². The Balaban J connectivity index is 0.000000295. The van der Waals surface area contributed by atoms with Crippen molar-refractivity contribution in [2.75, 3.05) is 6.26 Å². The lowest BCUT2D eigenvalue weighted by Crippen LogP contribution is -2.32. The molecule has 3 aromatic carbocycles. The fourth-order valence-corrected chi connectivity index (χ4v) is 5.26. The third kappa shape index (κ3) is 9.66. The third-order valence-electron chi connectivity index (χ3n) is 6.84. The summed E-state index contributed by atoms with van der Waals surface area (Å²) in [6.07, 6.45) is -15.7. The van der Waals surface area contributed by atoms with Crippen LogP contribution in [-0.2, 0) is 36.0 Å². The van der Waals surface area contributed by atoms with E-state index in [0.717, 1.165) is 59.5 Å². The Hall–Kier alpha value is -4.19. The number of hydrogen-bond donors (Lipinski definition) is 1. The molecule has 0 aromatic heterocycles. The Morgan fingerprint density at radius 2 is 1.30 bits per heavy atom. The SMILES string of the molecule is C[C@H](Oc1ccc(S(C)(=O)=O)cc1C(=O)N1Cc2ccc(OC(F)(F)F)cc2C1)C(F)(F)F.FC(F)(F)Oc1ccc2c(c1)CNC2. The van der Waals surface area contributed by atoms with Gasteiger partial charge in [0.25, 0.3) is 5.91 Å². The lowest BCUT2D eigenvalue weighted by atomic mass is 10.1. The minimum Gasteiger partial charge on any atom is -0.480 e. The van der Waals surface area contributed by atoms with Gasteiger partial charge >= 0.3 is 18.9 Å². The first-order valence-electron chi connectivity index (χ1n) is 13.4. The third-order valence-corrected chi connectivity index (χ3v) is 7.95. The second-order valence-electron chi connectivity index (χ2n) is 10.5. The van der Waals surface area contributed by atoms with Crippen LogP contribution in [0.2, 0.25) is 0 Å². The van der Waals surface area contributed by atoms with Crippen LogP contribution in [-0.4, -0.2) is 50.5 Å². The zero-order valence-corrected chi connectivity index (χ0v) is 25.1. The molecule has 5 rings (SSSR count). The topological polar surface area (TPSA) is 94.2 Å². The molecule has 2 aliphatic rings. The summed E-state index contributed by atoms with van der Waals surface area (Å²) >= 11 is 0. The number of halogens is 9. The van der Waals surface area contributed by atoms with Gasteiger partial charge in [-0.2, -0.15) is 13.2 Å². The van der Waals surface area contributed by atoms with Gasteiger partial charge in [-0.1, -0.05) is 12.1 Å². The van der Waals surface area contributed by atoms with Crippen LogP contribution in [0.15, 0.2) is 59.5 Å². The van der Waals surface area contributed by atoms with E-state index in [-0.39, 0.29) is 23.7 Å². The molecular formula is C29H25F9N2O6S. The molecular weight excluding hydrogens is 675 g/mol. The van der Waals surface area contributed by atoms with Crippen molar-refractivity contribution in [2.24, 2.45) is 0 Å². The summed E-state index contributed by atoms with van der Waals surface area (Å²) in [7, 11) is -3.80. The highest BCUT2D eigenvalue weighted by atomic mass is 32.2. The molecule has 0 saturated carbocycles. The van der Waals surface area contributed by atoms with E-state index in [1.807, 2.05) is 0 Å². The summed E-state index contributed by atoms with van der Waals surface area (Å²) in [5, 5.41) is 3.04. The first-order chi connectivity index (χ1) is 21.6. The molecule has 18 heteroatoms. The number of carbonyl (C=O) groups excluding carboxylic acids is 1. The van der Waals surface area contributed by atoms with E-state index < -0.39 is 57.8 Å². The van der Waals surface area contributed by atoms with Crippen LogP contribution in [0.3, 0.4) is 0 Å². The van der Waals surface area contributed by atoms with Crippen LogP contribution < -0.4 is 19.5 Å². The summed E-state index contributed by atoms with van der Waals surface area (Å²) in [5.74, 6) is -1.97. The van der Waals surface area contributed by atoms with E-state index in [9.17, 15) is 52.7 Å². The summed E-state index contributed by atoms with van der Waals surface area (Å²) in [6.45, 7) is 1.82. The summed E-state index contributed by atoms with van der Waals surface area (Å²) < 4.78 is 148. The maximum atomic E-state index is 13.1. The predicted octanol–water partition coefficient (Wildman–Crippen LogP) is 6.66. The number of benzene rings is 3. The average molecular weight is 701 g/mol. The lowest BCUT2D eigenvalue weighted by molar-refractivity contribution is -0.275. The number of nitrogens with one attached hydrogen (secondary N) is 1. The van der Waals surface area contributed by atoms with E-state index in [2.05, 4.69) is 14.8 Å². The zero-order chi connectivity index (χ0) is 34.9. The highest BCUT2D eigenvalue weighted by molar-refractivity contribution is 7.90. The van der Waals surface area contributed by atoms with Crippen molar-refractivity contribution in [3.63, 3.8) is 0 Å². The van der Waals surface area contributed by atoms with E-state index >= 15 is 0 Å². The summed E-state index contributed by atoms with van der Waals surface area (Å²) in [5.41, 5.74) is 2.32. The van der Waals surface area contributed by atoms with E-state index in [0.29, 0.717) is 24.2 Å². The fraction of sp³-hybridized carbons (Fsp3) is 0.345. The molecule has 0 radical (unpaired) electrons. The molecule has 0 aliphatic carbocycles. The molecule has 2 aliphatic heterocycles. The van der Waals surface area contributed by atoms with Crippen molar-refractivity contribution in [3.05, 3.63) is 82.4 Å². The molecule has 3 aromatic rings. The van der Waals surface area contributed by atoms with Crippen molar-refractivity contribution < 1.29 is 66.9 Å². The van der Waals surface area contributed by atoms with Gasteiger partial charge in [-0.05, 0) is 71.6 Å². The Labute approximate surface area is 261 Å². The maximum Gasteiger partial charge on any atom is 0.573 e. The van der Waals surface area contributed by atoms with Gasteiger partial charge < -0.3 is 24.4 Å². The van der Waals surface area contributed by atoms with Crippen LogP contribution in [0.4, 0.5) is 39.5 Å². The fourth-order valence-electron chi connectivity index (χ4n) is 4.62. The van der Waals surface area contributed by atoms with Crippen LogP contribution in [0.5, 0.6) is 17.2 Å². The van der Waals surface area contributed by atoms with E-state index in [1.165, 1.54) is 18.2 Å². The van der Waals surface area contributed by atoms with Gasteiger partial charge in [0.1, 0.15) is 17.2 Å². The zero-order valence-electron chi connectivity index (χ0n) is 24.3. The molecule has 0 fully saturated rings. The van der Waals surface area contributed by atoms with Gasteiger partial charge in [-0.25, -0.2) is 8.42 Å². The van der Waals surface area contributed by atoms with Gasteiger partial charge in [0.2, 0.25) is 0 Å². The van der Waals surface area contributed by atoms with Crippen LogP contribution in [0.25, 0.3) is 0 Å². The Morgan fingerprint density at radius 3 is 1.85 bits per heavy atom. The normalized spacial score (nSPS) is 15.3.